The maximum absolute atomic E-state index is 13.5. The van der Waals surface area contributed by atoms with E-state index in [2.05, 4.69) is 0 Å². The van der Waals surface area contributed by atoms with Crippen LogP contribution in [0, 0.1) is 18.6 Å². The van der Waals surface area contributed by atoms with Crippen LogP contribution in [0.3, 0.4) is 0 Å². The zero-order valence-electron chi connectivity index (χ0n) is 11.7. The summed E-state index contributed by atoms with van der Waals surface area (Å²) in [4.78, 5) is 11.9. The van der Waals surface area contributed by atoms with Crippen LogP contribution in [-0.2, 0) is 0 Å². The highest BCUT2D eigenvalue weighted by Crippen LogP contribution is 2.20. The van der Waals surface area contributed by atoms with Crippen molar-refractivity contribution in [3.05, 3.63) is 59.2 Å². The minimum Gasteiger partial charge on any atom is -0.494 e. The van der Waals surface area contributed by atoms with Gasteiger partial charge in [0, 0.05) is 5.56 Å². The van der Waals surface area contributed by atoms with Crippen molar-refractivity contribution in [2.45, 2.75) is 6.92 Å². The number of hydrogen-bond donors (Lipinski definition) is 0. The van der Waals surface area contributed by atoms with E-state index in [1.54, 1.807) is 13.0 Å². The highest BCUT2D eigenvalue weighted by Gasteiger charge is 2.12. The molecule has 0 aliphatic rings. The number of halogens is 2. The van der Waals surface area contributed by atoms with Crippen molar-refractivity contribution in [2.24, 2.45) is 0 Å². The second kappa shape index (κ2) is 6.35. The molecule has 2 aromatic carbocycles. The summed E-state index contributed by atoms with van der Waals surface area (Å²) in [6.07, 6.45) is 0. The molecule has 0 heterocycles. The highest BCUT2D eigenvalue weighted by molar-refractivity contribution is 5.97. The first kappa shape index (κ1) is 15.0. The van der Waals surface area contributed by atoms with Crippen LogP contribution in [0.2, 0.25) is 0 Å². The summed E-state index contributed by atoms with van der Waals surface area (Å²) in [6.45, 7) is 1.42. The Labute approximate surface area is 121 Å². The topological polar surface area (TPSA) is 35.5 Å². The number of ether oxygens (including phenoxy) is 2. The van der Waals surface area contributed by atoms with Gasteiger partial charge in [-0.1, -0.05) is 6.07 Å². The summed E-state index contributed by atoms with van der Waals surface area (Å²) in [5.41, 5.74) is 0.954. The van der Waals surface area contributed by atoms with Crippen molar-refractivity contribution in [3.63, 3.8) is 0 Å². The number of rotatable bonds is 5. The molecule has 0 saturated heterocycles. The monoisotopic (exact) mass is 292 g/mol. The largest absolute Gasteiger partial charge is 0.494 e. The summed E-state index contributed by atoms with van der Waals surface area (Å²) >= 11 is 0. The highest BCUT2D eigenvalue weighted by atomic mass is 19.1. The summed E-state index contributed by atoms with van der Waals surface area (Å²) < 4.78 is 36.9. The van der Waals surface area contributed by atoms with Gasteiger partial charge in [0.15, 0.2) is 35.5 Å². The Morgan fingerprint density at radius 1 is 1.05 bits per heavy atom. The fourth-order valence-electron chi connectivity index (χ4n) is 1.79. The van der Waals surface area contributed by atoms with Gasteiger partial charge in [0.2, 0.25) is 0 Å². The first-order valence-electron chi connectivity index (χ1n) is 6.27. The van der Waals surface area contributed by atoms with Crippen LogP contribution >= 0.6 is 0 Å². The Balaban J connectivity index is 2.08. The molecule has 110 valence electrons. The third-order valence-corrected chi connectivity index (χ3v) is 2.92. The van der Waals surface area contributed by atoms with Gasteiger partial charge in [-0.15, -0.1) is 0 Å². The van der Waals surface area contributed by atoms with Crippen molar-refractivity contribution in [2.75, 3.05) is 13.7 Å². The molecule has 0 aromatic heterocycles. The van der Waals surface area contributed by atoms with Gasteiger partial charge in [0.1, 0.15) is 0 Å². The molecule has 0 atom stereocenters. The molecule has 21 heavy (non-hydrogen) atoms. The Kier molecular flexibility index (Phi) is 4.52. The van der Waals surface area contributed by atoms with Crippen LogP contribution in [-0.4, -0.2) is 19.5 Å². The fraction of sp³-hybridized carbons (Fsp3) is 0.188. The quantitative estimate of drug-likeness (QED) is 0.791. The van der Waals surface area contributed by atoms with E-state index in [9.17, 15) is 13.6 Å². The molecule has 2 aromatic rings. The van der Waals surface area contributed by atoms with Crippen LogP contribution in [0.25, 0.3) is 0 Å². The summed E-state index contributed by atoms with van der Waals surface area (Å²) in [5.74, 6) is -1.58. The summed E-state index contributed by atoms with van der Waals surface area (Å²) in [6, 6.07) is 8.22. The van der Waals surface area contributed by atoms with Gasteiger partial charge in [-0.2, -0.15) is 0 Å². The van der Waals surface area contributed by atoms with E-state index in [1.165, 1.54) is 31.4 Å². The number of methoxy groups -OCH3 is 1. The molecule has 0 bridgehead atoms. The molecular weight excluding hydrogens is 278 g/mol. The molecule has 0 spiro atoms. The normalized spacial score (nSPS) is 10.3. The van der Waals surface area contributed by atoms with Crippen LogP contribution < -0.4 is 9.47 Å². The van der Waals surface area contributed by atoms with Gasteiger partial charge in [0.25, 0.3) is 0 Å². The number of ketones is 1. The SMILES string of the molecule is COc1ccc(C(=O)COc2cc(C)ccc2F)cc1F. The lowest BCUT2D eigenvalue weighted by Gasteiger charge is -2.08. The summed E-state index contributed by atoms with van der Waals surface area (Å²) in [7, 11) is 1.34. The molecule has 0 aliphatic carbocycles. The maximum Gasteiger partial charge on any atom is 0.200 e. The Morgan fingerprint density at radius 2 is 1.81 bits per heavy atom. The first-order chi connectivity index (χ1) is 10.0. The van der Waals surface area contributed by atoms with Crippen molar-refractivity contribution >= 4 is 5.78 Å². The Morgan fingerprint density at radius 3 is 2.48 bits per heavy atom. The molecule has 0 aliphatic heterocycles. The number of Topliss-reactive ketones (excluding diaryl/α,β-unsaturated/α-hetero) is 1. The van der Waals surface area contributed by atoms with E-state index in [0.29, 0.717) is 0 Å². The molecule has 0 unspecified atom stereocenters. The van der Waals surface area contributed by atoms with E-state index in [1.807, 2.05) is 0 Å². The van der Waals surface area contributed by atoms with Crippen LogP contribution in [0.15, 0.2) is 36.4 Å². The van der Waals surface area contributed by atoms with E-state index >= 15 is 0 Å². The third kappa shape index (κ3) is 3.56. The molecule has 0 amide bonds. The number of benzene rings is 2. The van der Waals surface area contributed by atoms with Crippen molar-refractivity contribution < 1.29 is 23.0 Å². The average molecular weight is 292 g/mol. The van der Waals surface area contributed by atoms with E-state index in [4.69, 9.17) is 9.47 Å². The predicted molar refractivity (Wildman–Crippen MR) is 73.9 cm³/mol. The fourth-order valence-corrected chi connectivity index (χ4v) is 1.79. The second-order valence-corrected chi connectivity index (χ2v) is 4.50. The van der Waals surface area contributed by atoms with E-state index in [-0.39, 0.29) is 23.7 Å². The van der Waals surface area contributed by atoms with Gasteiger partial charge >= 0.3 is 0 Å². The third-order valence-electron chi connectivity index (χ3n) is 2.92. The molecule has 0 fully saturated rings. The lowest BCUT2D eigenvalue weighted by molar-refractivity contribution is 0.0918. The Hall–Kier alpha value is -2.43. The lowest BCUT2D eigenvalue weighted by atomic mass is 10.1. The Bertz CT molecular complexity index is 669. The van der Waals surface area contributed by atoms with Gasteiger partial charge in [-0.3, -0.25) is 4.79 Å². The zero-order valence-corrected chi connectivity index (χ0v) is 11.7. The van der Waals surface area contributed by atoms with E-state index < -0.39 is 17.4 Å². The molecule has 5 heteroatoms. The van der Waals surface area contributed by atoms with Gasteiger partial charge < -0.3 is 9.47 Å². The molecule has 3 nitrogen and oxygen atoms in total. The molecule has 0 N–H and O–H groups in total. The van der Waals surface area contributed by atoms with Crippen LogP contribution in [0.1, 0.15) is 15.9 Å². The van der Waals surface area contributed by atoms with Crippen LogP contribution in [0.5, 0.6) is 11.5 Å². The van der Waals surface area contributed by atoms with Crippen molar-refractivity contribution in [3.8, 4) is 11.5 Å². The number of carbonyl (C=O) groups excluding carboxylic acids is 1. The minimum absolute atomic E-state index is 0.00247. The van der Waals surface area contributed by atoms with E-state index in [0.717, 1.165) is 11.6 Å². The molecule has 2 rings (SSSR count). The van der Waals surface area contributed by atoms with Crippen molar-refractivity contribution in [1.82, 2.24) is 0 Å². The zero-order chi connectivity index (χ0) is 15.4. The standard InChI is InChI=1S/C16H14F2O3/c1-10-3-5-12(17)16(7-10)21-9-14(19)11-4-6-15(20-2)13(18)8-11/h3-8H,9H2,1-2H3. The van der Waals surface area contributed by atoms with Gasteiger partial charge in [-0.25, -0.2) is 8.78 Å². The second-order valence-electron chi connectivity index (χ2n) is 4.50. The number of aryl methyl sites for hydroxylation is 1. The molecular formula is C16H14F2O3. The average Bonchev–Trinajstić information content (AvgIpc) is 2.47. The van der Waals surface area contributed by atoms with Crippen molar-refractivity contribution in [1.29, 1.82) is 0 Å². The molecule has 0 saturated carbocycles. The lowest BCUT2D eigenvalue weighted by Crippen LogP contribution is -2.12. The first-order valence-corrected chi connectivity index (χ1v) is 6.27. The minimum atomic E-state index is -0.634. The summed E-state index contributed by atoms with van der Waals surface area (Å²) in [5, 5.41) is 0. The predicted octanol–water partition coefficient (Wildman–Crippen LogP) is 3.54. The number of hydrogen-bond acceptors (Lipinski definition) is 3. The van der Waals surface area contributed by atoms with Gasteiger partial charge in [-0.05, 0) is 42.8 Å². The smallest absolute Gasteiger partial charge is 0.200 e. The maximum atomic E-state index is 13.5. The van der Waals surface area contributed by atoms with Gasteiger partial charge in [0.05, 0.1) is 7.11 Å². The molecule has 0 radical (unpaired) electrons. The van der Waals surface area contributed by atoms with Crippen LogP contribution in [0.4, 0.5) is 8.78 Å². The number of carbonyl (C=O) groups is 1.